The lowest BCUT2D eigenvalue weighted by molar-refractivity contribution is -0.137. The van der Waals surface area contributed by atoms with E-state index in [0.29, 0.717) is 16.1 Å². The lowest BCUT2D eigenvalue weighted by Gasteiger charge is -2.10. The Morgan fingerprint density at radius 1 is 1.00 bits per heavy atom. The fraction of sp³-hybridized carbons (Fsp3) is 0.200. The van der Waals surface area contributed by atoms with Crippen LogP contribution in [0.15, 0.2) is 42.5 Å². The highest BCUT2D eigenvalue weighted by Crippen LogP contribution is 2.29. The zero-order valence-corrected chi connectivity index (χ0v) is 11.6. The van der Waals surface area contributed by atoms with Crippen LogP contribution in [0, 0.1) is 5.82 Å². The molecule has 1 nitrogen and oxygen atoms in total. The van der Waals surface area contributed by atoms with Crippen molar-refractivity contribution in [1.82, 2.24) is 5.32 Å². The molecule has 2 aromatic rings. The smallest absolute Gasteiger partial charge is 0.309 e. The van der Waals surface area contributed by atoms with Gasteiger partial charge in [0.05, 0.1) is 5.56 Å². The van der Waals surface area contributed by atoms with Crippen molar-refractivity contribution in [2.45, 2.75) is 19.3 Å². The van der Waals surface area contributed by atoms with Gasteiger partial charge >= 0.3 is 6.18 Å². The van der Waals surface area contributed by atoms with E-state index in [0.717, 1.165) is 12.1 Å². The van der Waals surface area contributed by atoms with Crippen LogP contribution in [-0.2, 0) is 19.3 Å². The van der Waals surface area contributed by atoms with Crippen molar-refractivity contribution in [3.8, 4) is 0 Å². The average Bonchev–Trinajstić information content (AvgIpc) is 2.41. The summed E-state index contributed by atoms with van der Waals surface area (Å²) in [6.45, 7) is 0.422. The first-order chi connectivity index (χ1) is 9.86. The Morgan fingerprint density at radius 3 is 2.43 bits per heavy atom. The summed E-state index contributed by atoms with van der Waals surface area (Å²) in [5.41, 5.74) is 0.199. The lowest BCUT2D eigenvalue weighted by atomic mass is 10.1. The summed E-state index contributed by atoms with van der Waals surface area (Å²) < 4.78 is 51.2. The standard InChI is InChI=1S/C15H12ClF4N/c16-13-5-4-11(14(17)7-13)9-21-8-10-2-1-3-12(6-10)15(18,19)20/h1-7,21H,8-9H2. The summed E-state index contributed by atoms with van der Waals surface area (Å²) in [5.74, 6) is -0.445. The topological polar surface area (TPSA) is 12.0 Å². The molecule has 112 valence electrons. The van der Waals surface area contributed by atoms with Gasteiger partial charge in [-0.2, -0.15) is 13.2 Å². The number of hydrogen-bond donors (Lipinski definition) is 1. The van der Waals surface area contributed by atoms with Crippen LogP contribution in [0.25, 0.3) is 0 Å². The Kier molecular flexibility index (Phi) is 4.85. The lowest BCUT2D eigenvalue weighted by Crippen LogP contribution is -2.14. The van der Waals surface area contributed by atoms with E-state index in [1.165, 1.54) is 18.2 Å². The number of nitrogens with one attached hydrogen (secondary N) is 1. The van der Waals surface area contributed by atoms with E-state index < -0.39 is 17.6 Å². The molecule has 0 saturated heterocycles. The quantitative estimate of drug-likeness (QED) is 0.800. The Hall–Kier alpha value is -1.59. The van der Waals surface area contributed by atoms with Gasteiger partial charge in [-0.3, -0.25) is 0 Å². The first-order valence-electron chi connectivity index (χ1n) is 6.17. The van der Waals surface area contributed by atoms with Crippen LogP contribution < -0.4 is 5.32 Å². The zero-order chi connectivity index (χ0) is 15.5. The maximum atomic E-state index is 13.5. The summed E-state index contributed by atoms with van der Waals surface area (Å²) in [5, 5.41) is 3.21. The molecule has 2 rings (SSSR count). The summed E-state index contributed by atoms with van der Waals surface area (Å²) in [4.78, 5) is 0. The molecule has 0 aliphatic carbocycles. The molecule has 0 aromatic heterocycles. The number of hydrogen-bond acceptors (Lipinski definition) is 1. The highest BCUT2D eigenvalue weighted by molar-refractivity contribution is 6.30. The van der Waals surface area contributed by atoms with E-state index >= 15 is 0 Å². The van der Waals surface area contributed by atoms with E-state index in [1.807, 2.05) is 0 Å². The van der Waals surface area contributed by atoms with Crippen molar-refractivity contribution in [2.24, 2.45) is 0 Å². The Labute approximate surface area is 124 Å². The normalized spacial score (nSPS) is 11.7. The van der Waals surface area contributed by atoms with Gasteiger partial charge in [0.15, 0.2) is 0 Å². The van der Waals surface area contributed by atoms with Crippen LogP contribution in [0.4, 0.5) is 17.6 Å². The minimum Gasteiger partial charge on any atom is -0.309 e. The van der Waals surface area contributed by atoms with Gasteiger partial charge in [-0.1, -0.05) is 35.9 Å². The van der Waals surface area contributed by atoms with Crippen molar-refractivity contribution in [2.75, 3.05) is 0 Å². The zero-order valence-electron chi connectivity index (χ0n) is 10.8. The molecule has 1 N–H and O–H groups in total. The number of benzene rings is 2. The van der Waals surface area contributed by atoms with Gasteiger partial charge < -0.3 is 5.32 Å². The molecule has 0 saturated carbocycles. The molecule has 0 amide bonds. The molecule has 6 heteroatoms. The monoisotopic (exact) mass is 317 g/mol. The Bertz CT molecular complexity index is 625. The number of rotatable bonds is 4. The number of alkyl halides is 3. The summed E-state index contributed by atoms with van der Waals surface area (Å²) in [7, 11) is 0. The fourth-order valence-corrected chi connectivity index (χ4v) is 2.02. The molecular weight excluding hydrogens is 306 g/mol. The minimum absolute atomic E-state index is 0.208. The second-order valence-corrected chi connectivity index (χ2v) is 4.97. The van der Waals surface area contributed by atoms with Crippen LogP contribution >= 0.6 is 11.6 Å². The van der Waals surface area contributed by atoms with Crippen LogP contribution in [0.5, 0.6) is 0 Å². The second kappa shape index (κ2) is 6.45. The molecule has 21 heavy (non-hydrogen) atoms. The molecule has 2 aromatic carbocycles. The number of halogens is 5. The summed E-state index contributed by atoms with van der Waals surface area (Å²) in [6.07, 6.45) is -4.36. The Morgan fingerprint density at radius 2 is 1.76 bits per heavy atom. The minimum atomic E-state index is -4.36. The van der Waals surface area contributed by atoms with Gasteiger partial charge in [-0.15, -0.1) is 0 Å². The van der Waals surface area contributed by atoms with Crippen molar-refractivity contribution >= 4 is 11.6 Å². The largest absolute Gasteiger partial charge is 0.416 e. The van der Waals surface area contributed by atoms with Crippen molar-refractivity contribution in [1.29, 1.82) is 0 Å². The molecular formula is C15H12ClF4N. The van der Waals surface area contributed by atoms with Crippen molar-refractivity contribution in [3.63, 3.8) is 0 Å². The van der Waals surface area contributed by atoms with Gasteiger partial charge in [-0.25, -0.2) is 4.39 Å². The molecule has 0 radical (unpaired) electrons. The molecule has 0 aliphatic rings. The molecule has 0 aliphatic heterocycles. The Balaban J connectivity index is 1.97. The molecule has 0 heterocycles. The SMILES string of the molecule is Fc1cc(Cl)ccc1CNCc1cccc(C(F)(F)F)c1. The third kappa shape index (κ3) is 4.44. The highest BCUT2D eigenvalue weighted by atomic mass is 35.5. The fourth-order valence-electron chi connectivity index (χ4n) is 1.86. The van der Waals surface area contributed by atoms with Crippen LogP contribution in [0.2, 0.25) is 5.02 Å². The van der Waals surface area contributed by atoms with Gasteiger partial charge in [0.25, 0.3) is 0 Å². The molecule has 0 fully saturated rings. The van der Waals surface area contributed by atoms with Crippen LogP contribution in [0.3, 0.4) is 0 Å². The first kappa shape index (κ1) is 15.8. The maximum absolute atomic E-state index is 13.5. The summed E-state index contributed by atoms with van der Waals surface area (Å²) in [6, 6.07) is 9.32. The van der Waals surface area contributed by atoms with E-state index in [1.54, 1.807) is 12.1 Å². The highest BCUT2D eigenvalue weighted by Gasteiger charge is 2.30. The van der Waals surface area contributed by atoms with E-state index in [4.69, 9.17) is 11.6 Å². The van der Waals surface area contributed by atoms with Gasteiger partial charge in [0.2, 0.25) is 0 Å². The summed E-state index contributed by atoms with van der Waals surface area (Å²) >= 11 is 5.64. The van der Waals surface area contributed by atoms with E-state index in [9.17, 15) is 17.6 Å². The predicted octanol–water partition coefficient (Wildman–Crippen LogP) is 4.79. The van der Waals surface area contributed by atoms with Crippen LogP contribution in [-0.4, -0.2) is 0 Å². The van der Waals surface area contributed by atoms with Crippen LogP contribution in [0.1, 0.15) is 16.7 Å². The van der Waals surface area contributed by atoms with E-state index in [2.05, 4.69) is 5.32 Å². The second-order valence-electron chi connectivity index (χ2n) is 4.54. The van der Waals surface area contributed by atoms with Gasteiger partial charge in [0.1, 0.15) is 5.82 Å². The first-order valence-corrected chi connectivity index (χ1v) is 6.55. The third-order valence-corrected chi connectivity index (χ3v) is 3.15. The van der Waals surface area contributed by atoms with Gasteiger partial charge in [-0.05, 0) is 23.8 Å². The van der Waals surface area contributed by atoms with Crippen molar-refractivity contribution < 1.29 is 17.6 Å². The predicted molar refractivity (Wildman–Crippen MR) is 73.4 cm³/mol. The van der Waals surface area contributed by atoms with Gasteiger partial charge in [0, 0.05) is 23.7 Å². The molecule has 0 unspecified atom stereocenters. The van der Waals surface area contributed by atoms with E-state index in [-0.39, 0.29) is 13.1 Å². The molecule has 0 spiro atoms. The third-order valence-electron chi connectivity index (χ3n) is 2.91. The average molecular weight is 318 g/mol. The maximum Gasteiger partial charge on any atom is 0.416 e. The molecule has 0 bridgehead atoms. The molecule has 0 atom stereocenters. The van der Waals surface area contributed by atoms with Crippen molar-refractivity contribution in [3.05, 3.63) is 70.0 Å².